The first-order valence-corrected chi connectivity index (χ1v) is 9.52. The van der Waals surface area contributed by atoms with Crippen LogP contribution in [0, 0.1) is 0 Å². The molecule has 0 saturated carbocycles. The summed E-state index contributed by atoms with van der Waals surface area (Å²) in [6.07, 6.45) is 0.241. The van der Waals surface area contributed by atoms with Gasteiger partial charge in [0.15, 0.2) is 5.40 Å². The lowest BCUT2D eigenvalue weighted by Crippen LogP contribution is -2.35. The summed E-state index contributed by atoms with van der Waals surface area (Å²) in [7, 11) is -15.4. The molecule has 0 aromatic carbocycles. The maximum Gasteiger partial charge on any atom is 0.413 e. The molecule has 5 N–H and O–H groups in total. The largest absolute Gasteiger partial charge is 0.413 e. The van der Waals surface area contributed by atoms with E-state index in [1.165, 1.54) is 0 Å². The van der Waals surface area contributed by atoms with Crippen LogP contribution in [0.4, 0.5) is 0 Å². The number of hydrogen-bond donors (Lipinski definition) is 5. The molecule has 0 aliphatic heterocycles. The van der Waals surface area contributed by atoms with Crippen molar-refractivity contribution in [1.82, 2.24) is 5.06 Å². The van der Waals surface area contributed by atoms with E-state index in [1.807, 2.05) is 0 Å². The van der Waals surface area contributed by atoms with E-state index in [4.69, 9.17) is 24.1 Å². The van der Waals surface area contributed by atoms with Gasteiger partial charge < -0.3 is 19.6 Å². The van der Waals surface area contributed by atoms with Crippen LogP contribution in [-0.2, 0) is 23.8 Å². The molecule has 0 heterocycles. The van der Waals surface area contributed by atoms with E-state index in [9.17, 15) is 17.5 Å². The fourth-order valence-corrected chi connectivity index (χ4v) is 3.89. The lowest BCUT2D eigenvalue weighted by Gasteiger charge is -2.25. The van der Waals surface area contributed by atoms with Crippen LogP contribution < -0.4 is 0 Å². The van der Waals surface area contributed by atoms with E-state index in [2.05, 4.69) is 4.28 Å². The zero-order valence-electron chi connectivity index (χ0n) is 9.73. The summed E-state index contributed by atoms with van der Waals surface area (Å²) in [5.41, 5.74) is 0. The zero-order chi connectivity index (χ0) is 15.5. The van der Waals surface area contributed by atoms with Crippen molar-refractivity contribution >= 4 is 25.6 Å². The number of hydroxylamine groups is 2. The van der Waals surface area contributed by atoms with Gasteiger partial charge in [-0.2, -0.15) is 17.8 Å². The lowest BCUT2D eigenvalue weighted by atomic mass is 10.5. The fourth-order valence-electron chi connectivity index (χ4n) is 1.13. The van der Waals surface area contributed by atoms with E-state index >= 15 is 0 Å². The Bertz CT molecular complexity index is 456. The van der Waals surface area contributed by atoms with Crippen molar-refractivity contribution in [2.45, 2.75) is 18.7 Å². The van der Waals surface area contributed by atoms with E-state index in [0.717, 1.165) is 0 Å². The van der Waals surface area contributed by atoms with E-state index in [-0.39, 0.29) is 13.0 Å². The average molecular weight is 343 g/mol. The molecule has 0 aliphatic rings. The van der Waals surface area contributed by atoms with Gasteiger partial charge in [0.1, 0.15) is 0 Å². The van der Waals surface area contributed by atoms with Gasteiger partial charge in [-0.25, -0.2) is 0 Å². The highest BCUT2D eigenvalue weighted by Gasteiger charge is 2.45. The Hall–Kier alpha value is 0.130. The fraction of sp³-hybridized carbons (Fsp3) is 1.00. The van der Waals surface area contributed by atoms with Crippen molar-refractivity contribution in [3.05, 3.63) is 0 Å². The third-order valence-corrected chi connectivity index (χ3v) is 5.90. The smallest absolute Gasteiger partial charge is 0.324 e. The Morgan fingerprint density at radius 1 is 1.16 bits per heavy atom. The highest BCUT2D eigenvalue weighted by molar-refractivity contribution is 7.80. The lowest BCUT2D eigenvalue weighted by molar-refractivity contribution is -0.0592. The van der Waals surface area contributed by atoms with Crippen molar-refractivity contribution in [2.24, 2.45) is 0 Å². The van der Waals surface area contributed by atoms with Crippen LogP contribution in [0.1, 0.15) is 13.3 Å². The maximum atomic E-state index is 11.0. The van der Waals surface area contributed by atoms with Crippen molar-refractivity contribution in [1.29, 1.82) is 0 Å². The van der Waals surface area contributed by atoms with Crippen LogP contribution in [0.2, 0.25) is 0 Å². The van der Waals surface area contributed by atoms with Gasteiger partial charge >= 0.3 is 25.6 Å². The molecule has 0 amide bonds. The van der Waals surface area contributed by atoms with Crippen molar-refractivity contribution in [2.75, 3.05) is 13.1 Å². The topological polar surface area (TPSA) is 182 Å². The number of nitrogens with zero attached hydrogens (tertiary/aromatic N) is 1. The predicted molar refractivity (Wildman–Crippen MR) is 62.4 cm³/mol. The van der Waals surface area contributed by atoms with Crippen molar-refractivity contribution in [3.63, 3.8) is 0 Å². The molecule has 116 valence electrons. The van der Waals surface area contributed by atoms with E-state index < -0.39 is 37.5 Å². The Morgan fingerprint density at radius 3 is 1.84 bits per heavy atom. The molecule has 0 atom stereocenters. The molecule has 0 radical (unpaired) electrons. The second kappa shape index (κ2) is 6.72. The molecule has 0 spiro atoms. The minimum absolute atomic E-state index is 0.226. The van der Waals surface area contributed by atoms with Gasteiger partial charge in [0.05, 0.1) is 6.54 Å². The van der Waals surface area contributed by atoms with Gasteiger partial charge in [0.25, 0.3) is 0 Å². The number of hydrogen-bond acceptors (Lipinski definition) is 6. The second-order valence-electron chi connectivity index (χ2n) is 3.55. The Kier molecular flexibility index (Phi) is 6.77. The molecule has 0 saturated heterocycles. The third kappa shape index (κ3) is 8.10. The Balaban J connectivity index is 5.17. The Labute approximate surface area is 109 Å². The number of rotatable bonds is 8. The minimum Gasteiger partial charge on any atom is -0.324 e. The first-order valence-electron chi connectivity index (χ1n) is 4.79. The summed E-state index contributed by atoms with van der Waals surface area (Å²) in [5, 5.41) is -2.09. The highest BCUT2D eigenvalue weighted by Crippen LogP contribution is 2.59. The van der Waals surface area contributed by atoms with E-state index in [0.29, 0.717) is 5.06 Å². The SMILES string of the molecule is CCCN(CC(P(=O)(O)O)P(=O)(O)O)OS(=O)(=O)O. The van der Waals surface area contributed by atoms with Crippen LogP contribution in [-0.4, -0.2) is 56.1 Å². The standard InChI is InChI=1S/C5H15NO10P2S/c1-2-3-6(16-19(13,14)15)4-5(17(7,8)9)18(10,11)12/h5H,2-4H2,1H3,(H2,7,8,9)(H2,10,11,12)(H,13,14,15). The maximum absolute atomic E-state index is 11.0. The molecule has 0 bridgehead atoms. The summed E-state index contributed by atoms with van der Waals surface area (Å²) >= 11 is 0. The van der Waals surface area contributed by atoms with Crippen LogP contribution in [0.25, 0.3) is 0 Å². The quantitative estimate of drug-likeness (QED) is 0.209. The highest BCUT2D eigenvalue weighted by atomic mass is 32.3. The molecule has 0 unspecified atom stereocenters. The molecule has 0 aromatic heterocycles. The van der Waals surface area contributed by atoms with Gasteiger partial charge in [-0.05, 0) is 6.42 Å². The average Bonchev–Trinajstić information content (AvgIpc) is 2.07. The zero-order valence-corrected chi connectivity index (χ0v) is 12.3. The molecule has 0 fully saturated rings. The van der Waals surface area contributed by atoms with Crippen LogP contribution >= 0.6 is 15.2 Å². The molecule has 14 heteroatoms. The summed E-state index contributed by atoms with van der Waals surface area (Å²) in [4.78, 5) is 35.4. The summed E-state index contributed by atoms with van der Waals surface area (Å²) in [6, 6.07) is 0. The Morgan fingerprint density at radius 2 is 1.58 bits per heavy atom. The van der Waals surface area contributed by atoms with Gasteiger partial charge in [0.2, 0.25) is 0 Å². The summed E-state index contributed by atoms with van der Waals surface area (Å²) < 4.78 is 55.4. The van der Waals surface area contributed by atoms with Crippen molar-refractivity contribution in [3.8, 4) is 0 Å². The van der Waals surface area contributed by atoms with Crippen LogP contribution in [0.3, 0.4) is 0 Å². The van der Waals surface area contributed by atoms with Gasteiger partial charge in [-0.3, -0.25) is 13.7 Å². The molecular weight excluding hydrogens is 328 g/mol. The molecule has 19 heavy (non-hydrogen) atoms. The molecule has 0 rings (SSSR count). The van der Waals surface area contributed by atoms with Gasteiger partial charge in [0, 0.05) is 6.54 Å². The van der Waals surface area contributed by atoms with Gasteiger partial charge in [-0.15, -0.1) is 0 Å². The summed E-state index contributed by atoms with van der Waals surface area (Å²) in [5.74, 6) is 0. The van der Waals surface area contributed by atoms with Crippen LogP contribution in [0.5, 0.6) is 0 Å². The third-order valence-electron chi connectivity index (χ3n) is 1.82. The predicted octanol–water partition coefficient (Wildman–Crippen LogP) is -0.886. The monoisotopic (exact) mass is 343 g/mol. The molecule has 11 nitrogen and oxygen atoms in total. The normalized spacial score (nSPS) is 14.3. The summed E-state index contributed by atoms with van der Waals surface area (Å²) in [6.45, 7) is 0.253. The molecule has 0 aromatic rings. The van der Waals surface area contributed by atoms with Crippen molar-refractivity contribution < 1.29 is 46.0 Å². The van der Waals surface area contributed by atoms with Crippen LogP contribution in [0.15, 0.2) is 0 Å². The molecule has 0 aliphatic carbocycles. The van der Waals surface area contributed by atoms with E-state index in [1.54, 1.807) is 6.92 Å². The first-order chi connectivity index (χ1) is 8.27. The second-order valence-corrected chi connectivity index (χ2v) is 8.56. The molecular formula is C5H15NO10P2S. The first kappa shape index (κ1) is 19.1. The van der Waals surface area contributed by atoms with Gasteiger partial charge in [-0.1, -0.05) is 6.92 Å². The minimum atomic E-state index is -5.20.